The van der Waals surface area contributed by atoms with Crippen LogP contribution in [0.4, 0.5) is 0 Å². The standard InChI is InChI=1S/C14H21N3S/c1-4-12(15)8-13-6-5-7-17(13)9-14-16-10(2)11(3)18-14/h5-7,12H,4,8-9,15H2,1-3H3. The molecule has 98 valence electrons. The Balaban J connectivity index is 2.12. The van der Waals surface area contributed by atoms with Gasteiger partial charge in [-0.25, -0.2) is 4.98 Å². The minimum absolute atomic E-state index is 0.249. The zero-order valence-electron chi connectivity index (χ0n) is 11.3. The number of nitrogens with zero attached hydrogens (tertiary/aromatic N) is 2. The Kier molecular flexibility index (Phi) is 4.19. The molecule has 1 unspecified atom stereocenters. The first-order chi connectivity index (χ1) is 8.60. The molecule has 2 heterocycles. The van der Waals surface area contributed by atoms with Crippen molar-refractivity contribution >= 4 is 11.3 Å². The maximum absolute atomic E-state index is 6.03. The highest BCUT2D eigenvalue weighted by molar-refractivity contribution is 7.11. The van der Waals surface area contributed by atoms with Crippen LogP contribution in [0.5, 0.6) is 0 Å². The lowest BCUT2D eigenvalue weighted by molar-refractivity contribution is 0.609. The molecule has 2 N–H and O–H groups in total. The highest BCUT2D eigenvalue weighted by Crippen LogP contribution is 2.18. The summed E-state index contributed by atoms with van der Waals surface area (Å²) < 4.78 is 2.26. The molecule has 2 rings (SSSR count). The second-order valence-corrected chi connectivity index (χ2v) is 6.04. The molecule has 0 saturated carbocycles. The largest absolute Gasteiger partial charge is 0.345 e. The Morgan fingerprint density at radius 3 is 2.83 bits per heavy atom. The number of aromatic nitrogens is 2. The van der Waals surface area contributed by atoms with Crippen LogP contribution in [0.25, 0.3) is 0 Å². The molecule has 4 heteroatoms. The molecule has 0 fully saturated rings. The molecule has 0 spiro atoms. The van der Waals surface area contributed by atoms with Gasteiger partial charge in [-0.2, -0.15) is 0 Å². The maximum atomic E-state index is 6.03. The predicted molar refractivity (Wildman–Crippen MR) is 77.1 cm³/mol. The van der Waals surface area contributed by atoms with Crippen molar-refractivity contribution in [3.05, 3.63) is 39.6 Å². The van der Waals surface area contributed by atoms with Gasteiger partial charge in [-0.1, -0.05) is 6.92 Å². The molecule has 3 nitrogen and oxygen atoms in total. The van der Waals surface area contributed by atoms with Crippen molar-refractivity contribution in [3.8, 4) is 0 Å². The van der Waals surface area contributed by atoms with Crippen LogP contribution in [0.1, 0.15) is 34.6 Å². The summed E-state index contributed by atoms with van der Waals surface area (Å²) in [6.45, 7) is 7.18. The summed E-state index contributed by atoms with van der Waals surface area (Å²) in [6.07, 6.45) is 4.07. The number of nitrogens with two attached hydrogens (primary N) is 1. The van der Waals surface area contributed by atoms with Gasteiger partial charge in [0.1, 0.15) is 5.01 Å². The topological polar surface area (TPSA) is 43.8 Å². The summed E-state index contributed by atoms with van der Waals surface area (Å²) in [4.78, 5) is 5.90. The SMILES string of the molecule is CCC(N)Cc1cccn1Cc1nc(C)c(C)s1. The van der Waals surface area contributed by atoms with Crippen molar-refractivity contribution in [1.29, 1.82) is 0 Å². The number of thiazole rings is 1. The van der Waals surface area contributed by atoms with Crippen molar-refractivity contribution in [2.45, 2.75) is 46.2 Å². The van der Waals surface area contributed by atoms with Crippen molar-refractivity contribution in [1.82, 2.24) is 9.55 Å². The van der Waals surface area contributed by atoms with Crippen LogP contribution in [0, 0.1) is 13.8 Å². The number of rotatable bonds is 5. The fraction of sp³-hybridized carbons (Fsp3) is 0.500. The fourth-order valence-electron chi connectivity index (χ4n) is 1.95. The minimum Gasteiger partial charge on any atom is -0.345 e. The van der Waals surface area contributed by atoms with E-state index in [1.165, 1.54) is 15.6 Å². The van der Waals surface area contributed by atoms with Gasteiger partial charge in [0.25, 0.3) is 0 Å². The zero-order valence-corrected chi connectivity index (χ0v) is 12.1. The monoisotopic (exact) mass is 263 g/mol. The first-order valence-electron chi connectivity index (χ1n) is 6.42. The third-order valence-corrected chi connectivity index (χ3v) is 4.36. The lowest BCUT2D eigenvalue weighted by atomic mass is 10.1. The molecule has 0 aliphatic carbocycles. The van der Waals surface area contributed by atoms with E-state index in [1.807, 2.05) is 0 Å². The molecule has 0 aliphatic rings. The van der Waals surface area contributed by atoms with E-state index in [9.17, 15) is 0 Å². The van der Waals surface area contributed by atoms with Crippen molar-refractivity contribution in [2.75, 3.05) is 0 Å². The maximum Gasteiger partial charge on any atom is 0.113 e. The Morgan fingerprint density at radius 1 is 1.44 bits per heavy atom. The molecule has 0 aliphatic heterocycles. The average molecular weight is 263 g/mol. The lowest BCUT2D eigenvalue weighted by Gasteiger charge is -2.11. The smallest absolute Gasteiger partial charge is 0.113 e. The summed E-state index contributed by atoms with van der Waals surface area (Å²) >= 11 is 1.78. The van der Waals surface area contributed by atoms with E-state index in [0.29, 0.717) is 0 Å². The van der Waals surface area contributed by atoms with Gasteiger partial charge in [-0.3, -0.25) is 0 Å². The van der Waals surface area contributed by atoms with Gasteiger partial charge in [0.05, 0.1) is 12.2 Å². The number of hydrogen-bond acceptors (Lipinski definition) is 3. The van der Waals surface area contributed by atoms with Gasteiger partial charge in [-0.15, -0.1) is 11.3 Å². The molecule has 0 amide bonds. The quantitative estimate of drug-likeness (QED) is 0.901. The molecular formula is C14H21N3S. The summed E-state index contributed by atoms with van der Waals surface area (Å²) in [5, 5.41) is 1.17. The third-order valence-electron chi connectivity index (χ3n) is 3.30. The lowest BCUT2D eigenvalue weighted by Crippen LogP contribution is -2.23. The third kappa shape index (κ3) is 3.00. The van der Waals surface area contributed by atoms with Crippen molar-refractivity contribution < 1.29 is 0 Å². The molecule has 1 atom stereocenters. The van der Waals surface area contributed by atoms with Crippen LogP contribution in [0.2, 0.25) is 0 Å². The van der Waals surface area contributed by atoms with Gasteiger partial charge in [0, 0.05) is 29.2 Å². The van der Waals surface area contributed by atoms with Gasteiger partial charge in [-0.05, 0) is 32.4 Å². The van der Waals surface area contributed by atoms with E-state index >= 15 is 0 Å². The van der Waals surface area contributed by atoms with Crippen LogP contribution >= 0.6 is 11.3 Å². The van der Waals surface area contributed by atoms with E-state index in [-0.39, 0.29) is 6.04 Å². The molecule has 18 heavy (non-hydrogen) atoms. The molecule has 0 saturated heterocycles. The highest BCUT2D eigenvalue weighted by atomic mass is 32.1. The first-order valence-corrected chi connectivity index (χ1v) is 7.24. The molecule has 2 aromatic rings. The summed E-state index contributed by atoms with van der Waals surface area (Å²) in [6, 6.07) is 4.49. The Hall–Kier alpha value is -1.13. The van der Waals surface area contributed by atoms with Gasteiger partial charge < -0.3 is 10.3 Å². The van der Waals surface area contributed by atoms with E-state index in [2.05, 4.69) is 48.7 Å². The molecule has 0 aromatic carbocycles. The molecule has 0 bridgehead atoms. The predicted octanol–water partition coefficient (Wildman–Crippen LogP) is 2.89. The number of aryl methyl sites for hydroxylation is 2. The van der Waals surface area contributed by atoms with E-state index in [4.69, 9.17) is 5.73 Å². The average Bonchev–Trinajstić information content (AvgIpc) is 2.88. The minimum atomic E-state index is 0.249. The van der Waals surface area contributed by atoms with Gasteiger partial charge >= 0.3 is 0 Å². The van der Waals surface area contributed by atoms with Crippen molar-refractivity contribution in [3.63, 3.8) is 0 Å². The second kappa shape index (κ2) is 5.67. The van der Waals surface area contributed by atoms with Crippen LogP contribution in [-0.2, 0) is 13.0 Å². The van der Waals surface area contributed by atoms with Crippen molar-refractivity contribution in [2.24, 2.45) is 5.73 Å². The van der Waals surface area contributed by atoms with Crippen LogP contribution in [0.15, 0.2) is 18.3 Å². The normalized spacial score (nSPS) is 12.9. The Labute approximate surface area is 113 Å². The van der Waals surface area contributed by atoms with E-state index in [0.717, 1.165) is 25.1 Å². The Bertz CT molecular complexity index is 493. The van der Waals surface area contributed by atoms with E-state index < -0.39 is 0 Å². The molecule has 0 radical (unpaired) electrons. The summed E-state index contributed by atoms with van der Waals surface area (Å²) in [5.41, 5.74) is 8.48. The Morgan fingerprint density at radius 2 is 2.22 bits per heavy atom. The zero-order chi connectivity index (χ0) is 13.1. The highest BCUT2D eigenvalue weighted by Gasteiger charge is 2.09. The summed E-state index contributed by atoms with van der Waals surface area (Å²) in [5.74, 6) is 0. The number of hydrogen-bond donors (Lipinski definition) is 1. The first kappa shape index (κ1) is 13.3. The van der Waals surface area contributed by atoms with Gasteiger partial charge in [0.15, 0.2) is 0 Å². The van der Waals surface area contributed by atoms with Crippen LogP contribution in [-0.4, -0.2) is 15.6 Å². The van der Waals surface area contributed by atoms with Gasteiger partial charge in [0.2, 0.25) is 0 Å². The molecular weight excluding hydrogens is 242 g/mol. The second-order valence-electron chi connectivity index (χ2n) is 4.75. The van der Waals surface area contributed by atoms with Crippen LogP contribution in [0.3, 0.4) is 0 Å². The summed E-state index contributed by atoms with van der Waals surface area (Å²) in [7, 11) is 0. The van der Waals surface area contributed by atoms with Crippen LogP contribution < -0.4 is 5.73 Å². The molecule has 2 aromatic heterocycles. The van der Waals surface area contributed by atoms with E-state index in [1.54, 1.807) is 11.3 Å². The fourth-order valence-corrected chi connectivity index (χ4v) is 2.89.